The lowest BCUT2D eigenvalue weighted by Crippen LogP contribution is -2.36. The van der Waals surface area contributed by atoms with Gasteiger partial charge in [-0.05, 0) is 24.2 Å². The predicted octanol–water partition coefficient (Wildman–Crippen LogP) is 4.23. The van der Waals surface area contributed by atoms with E-state index in [4.69, 9.17) is 0 Å². The van der Waals surface area contributed by atoms with Gasteiger partial charge in [0.1, 0.15) is 0 Å². The minimum absolute atomic E-state index is 0.494. The number of hydrogen-bond donors (Lipinski definition) is 1. The van der Waals surface area contributed by atoms with Gasteiger partial charge in [0.2, 0.25) is 0 Å². The third-order valence-electron chi connectivity index (χ3n) is 3.33. The quantitative estimate of drug-likeness (QED) is 0.636. The van der Waals surface area contributed by atoms with Gasteiger partial charge in [-0.3, -0.25) is 0 Å². The zero-order chi connectivity index (χ0) is 11.9. The van der Waals surface area contributed by atoms with E-state index in [1.165, 1.54) is 32.2 Å². The summed E-state index contributed by atoms with van der Waals surface area (Å²) in [5.41, 5.74) is 0.494. The van der Waals surface area contributed by atoms with E-state index in [1.807, 2.05) is 0 Å². The zero-order valence-corrected chi connectivity index (χ0v) is 11.7. The van der Waals surface area contributed by atoms with Crippen LogP contribution in [-0.2, 0) is 0 Å². The molecular weight excluding hydrogens is 182 g/mol. The molecule has 1 nitrogen and oxygen atoms in total. The molecule has 0 heterocycles. The van der Waals surface area contributed by atoms with Crippen molar-refractivity contribution in [1.82, 2.24) is 5.32 Å². The Labute approximate surface area is 97.0 Å². The van der Waals surface area contributed by atoms with Crippen LogP contribution in [0.4, 0.5) is 0 Å². The van der Waals surface area contributed by atoms with E-state index < -0.39 is 0 Å². The fourth-order valence-corrected chi connectivity index (χ4v) is 2.30. The van der Waals surface area contributed by atoms with Gasteiger partial charge < -0.3 is 5.32 Å². The van der Waals surface area contributed by atoms with Crippen molar-refractivity contribution in [3.8, 4) is 0 Å². The molecule has 0 saturated heterocycles. The molecule has 2 unspecified atom stereocenters. The molecule has 0 spiro atoms. The Morgan fingerprint density at radius 3 is 2.13 bits per heavy atom. The second-order valence-electron chi connectivity index (χ2n) is 5.81. The Balaban J connectivity index is 4.17. The van der Waals surface area contributed by atoms with E-state index in [-0.39, 0.29) is 0 Å². The lowest BCUT2D eigenvalue weighted by molar-refractivity contribution is 0.209. The summed E-state index contributed by atoms with van der Waals surface area (Å²) in [6.45, 7) is 15.0. The van der Waals surface area contributed by atoms with Crippen LogP contribution in [0.15, 0.2) is 0 Å². The molecule has 0 aliphatic rings. The van der Waals surface area contributed by atoms with Gasteiger partial charge in [-0.25, -0.2) is 0 Å². The second kappa shape index (κ2) is 7.27. The van der Waals surface area contributed by atoms with Gasteiger partial charge in [0.05, 0.1) is 0 Å². The van der Waals surface area contributed by atoms with Crippen molar-refractivity contribution in [2.24, 2.45) is 11.3 Å². The molecule has 2 atom stereocenters. The summed E-state index contributed by atoms with van der Waals surface area (Å²) in [5, 5.41) is 3.60. The number of nitrogens with one attached hydrogen (secondary N) is 1. The number of hydrogen-bond acceptors (Lipinski definition) is 1. The first-order valence-corrected chi connectivity index (χ1v) is 6.67. The Kier molecular flexibility index (Phi) is 7.25. The van der Waals surface area contributed by atoms with E-state index in [9.17, 15) is 0 Å². The highest BCUT2D eigenvalue weighted by Gasteiger charge is 2.25. The van der Waals surface area contributed by atoms with Gasteiger partial charge in [0.25, 0.3) is 0 Å². The molecule has 92 valence electrons. The summed E-state index contributed by atoms with van der Waals surface area (Å²) in [6.07, 6.45) is 5.31. The second-order valence-corrected chi connectivity index (χ2v) is 5.81. The van der Waals surface area contributed by atoms with E-state index in [1.54, 1.807) is 0 Å². The van der Waals surface area contributed by atoms with Crippen molar-refractivity contribution >= 4 is 0 Å². The first-order valence-electron chi connectivity index (χ1n) is 6.67. The number of rotatable bonds is 8. The summed E-state index contributed by atoms with van der Waals surface area (Å²) in [7, 11) is 0. The van der Waals surface area contributed by atoms with Crippen LogP contribution >= 0.6 is 0 Å². The van der Waals surface area contributed by atoms with E-state index in [0.29, 0.717) is 11.5 Å². The molecule has 0 radical (unpaired) electrons. The monoisotopic (exact) mass is 213 g/mol. The molecule has 0 aromatic heterocycles. The molecule has 15 heavy (non-hydrogen) atoms. The molecule has 0 aromatic rings. The van der Waals surface area contributed by atoms with Crippen LogP contribution in [0.25, 0.3) is 0 Å². The normalized spacial score (nSPS) is 17.8. The lowest BCUT2D eigenvalue weighted by Gasteiger charge is -2.33. The smallest absolute Gasteiger partial charge is 0.00106 e. The molecule has 1 heteroatoms. The van der Waals surface area contributed by atoms with E-state index in [2.05, 4.69) is 46.9 Å². The maximum atomic E-state index is 3.60. The van der Waals surface area contributed by atoms with Crippen LogP contribution in [0.5, 0.6) is 0 Å². The SMILES string of the molecule is CCCC(C)(CNC(C)C)CC(C)CC. The van der Waals surface area contributed by atoms with Crippen molar-refractivity contribution in [2.75, 3.05) is 6.54 Å². The molecule has 0 aliphatic carbocycles. The molecule has 0 rings (SSSR count). The highest BCUT2D eigenvalue weighted by atomic mass is 14.9. The maximum Gasteiger partial charge on any atom is 0.00106 e. The van der Waals surface area contributed by atoms with Crippen LogP contribution in [0, 0.1) is 11.3 Å². The first kappa shape index (κ1) is 15.0. The van der Waals surface area contributed by atoms with Crippen LogP contribution < -0.4 is 5.32 Å². The van der Waals surface area contributed by atoms with Crippen LogP contribution in [0.1, 0.15) is 67.2 Å². The Bertz CT molecular complexity index is 153. The summed E-state index contributed by atoms with van der Waals surface area (Å²) in [4.78, 5) is 0. The Morgan fingerprint density at radius 2 is 1.73 bits per heavy atom. The van der Waals surface area contributed by atoms with E-state index >= 15 is 0 Å². The molecule has 0 aliphatic heterocycles. The summed E-state index contributed by atoms with van der Waals surface area (Å²) in [5.74, 6) is 0.857. The van der Waals surface area contributed by atoms with Crippen molar-refractivity contribution in [3.05, 3.63) is 0 Å². The van der Waals surface area contributed by atoms with E-state index in [0.717, 1.165) is 5.92 Å². The highest BCUT2D eigenvalue weighted by Crippen LogP contribution is 2.31. The molecular formula is C14H31N. The summed E-state index contributed by atoms with van der Waals surface area (Å²) >= 11 is 0. The van der Waals surface area contributed by atoms with Crippen molar-refractivity contribution in [2.45, 2.75) is 73.3 Å². The lowest BCUT2D eigenvalue weighted by atomic mass is 9.77. The molecule has 1 N–H and O–H groups in total. The fraction of sp³-hybridized carbons (Fsp3) is 1.00. The average Bonchev–Trinajstić information content (AvgIpc) is 2.15. The Hall–Kier alpha value is -0.0400. The van der Waals surface area contributed by atoms with Crippen molar-refractivity contribution in [1.29, 1.82) is 0 Å². The molecule has 0 amide bonds. The third-order valence-corrected chi connectivity index (χ3v) is 3.33. The van der Waals surface area contributed by atoms with Gasteiger partial charge >= 0.3 is 0 Å². The molecule has 0 aromatic carbocycles. The van der Waals surface area contributed by atoms with Crippen molar-refractivity contribution in [3.63, 3.8) is 0 Å². The van der Waals surface area contributed by atoms with Gasteiger partial charge in [-0.2, -0.15) is 0 Å². The van der Waals surface area contributed by atoms with Crippen LogP contribution in [-0.4, -0.2) is 12.6 Å². The van der Waals surface area contributed by atoms with Crippen molar-refractivity contribution < 1.29 is 0 Å². The van der Waals surface area contributed by atoms with Crippen LogP contribution in [0.3, 0.4) is 0 Å². The standard InChI is InChI=1S/C14H31N/c1-7-9-14(6,10-13(5)8-2)11-15-12(3)4/h12-13,15H,7-11H2,1-6H3. The van der Waals surface area contributed by atoms with Gasteiger partial charge in [0.15, 0.2) is 0 Å². The average molecular weight is 213 g/mol. The molecule has 0 saturated carbocycles. The Morgan fingerprint density at radius 1 is 1.13 bits per heavy atom. The predicted molar refractivity (Wildman–Crippen MR) is 70.2 cm³/mol. The van der Waals surface area contributed by atoms with Gasteiger partial charge in [0, 0.05) is 12.6 Å². The minimum atomic E-state index is 0.494. The maximum absolute atomic E-state index is 3.60. The van der Waals surface area contributed by atoms with Gasteiger partial charge in [-0.15, -0.1) is 0 Å². The van der Waals surface area contributed by atoms with Gasteiger partial charge in [-0.1, -0.05) is 54.4 Å². The summed E-state index contributed by atoms with van der Waals surface area (Å²) < 4.78 is 0. The largest absolute Gasteiger partial charge is 0.314 e. The minimum Gasteiger partial charge on any atom is -0.314 e. The zero-order valence-electron chi connectivity index (χ0n) is 11.7. The summed E-state index contributed by atoms with van der Waals surface area (Å²) in [6, 6.07) is 0.609. The molecule has 0 fully saturated rings. The molecule has 0 bridgehead atoms. The fourth-order valence-electron chi connectivity index (χ4n) is 2.30. The first-order chi connectivity index (χ1) is 6.93. The third kappa shape index (κ3) is 6.94. The van der Waals surface area contributed by atoms with Crippen LogP contribution in [0.2, 0.25) is 0 Å². The highest BCUT2D eigenvalue weighted by molar-refractivity contribution is 4.79. The topological polar surface area (TPSA) is 12.0 Å².